The molecule has 0 saturated heterocycles. The maximum Gasteiger partial charge on any atom is 0.164 e. The third kappa shape index (κ3) is 0.812. The second kappa shape index (κ2) is 2.14. The summed E-state index contributed by atoms with van der Waals surface area (Å²) in [5.74, 6) is -1.19. The van der Waals surface area contributed by atoms with E-state index in [0.717, 1.165) is 12.3 Å². The van der Waals surface area contributed by atoms with Gasteiger partial charge in [-0.1, -0.05) is 0 Å². The van der Waals surface area contributed by atoms with Gasteiger partial charge < -0.3 is 14.6 Å². The first-order valence-corrected chi connectivity index (χ1v) is 3.27. The van der Waals surface area contributed by atoms with Crippen molar-refractivity contribution < 1.29 is 19.0 Å². The fourth-order valence-electron chi connectivity index (χ4n) is 1.09. The van der Waals surface area contributed by atoms with E-state index in [1.807, 2.05) is 0 Å². The molecule has 2 N–H and O–H groups in total. The minimum Gasteiger partial charge on any atom is -0.508 e. The monoisotopic (exact) mass is 168 g/mol. The van der Waals surface area contributed by atoms with Crippen molar-refractivity contribution in [1.29, 1.82) is 0 Å². The molecule has 0 saturated carbocycles. The highest BCUT2D eigenvalue weighted by atomic mass is 19.1. The highest BCUT2D eigenvalue weighted by Crippen LogP contribution is 2.31. The van der Waals surface area contributed by atoms with Crippen molar-refractivity contribution in [2.24, 2.45) is 0 Å². The van der Waals surface area contributed by atoms with E-state index in [-0.39, 0.29) is 22.5 Å². The lowest BCUT2D eigenvalue weighted by Gasteiger charge is -1.93. The van der Waals surface area contributed by atoms with Crippen molar-refractivity contribution in [3.63, 3.8) is 0 Å². The molecule has 4 heteroatoms. The molecule has 0 radical (unpaired) electrons. The molecular weight excluding hydrogens is 163 g/mol. The van der Waals surface area contributed by atoms with E-state index in [1.54, 1.807) is 0 Å². The van der Waals surface area contributed by atoms with Gasteiger partial charge in [0.2, 0.25) is 0 Å². The van der Waals surface area contributed by atoms with Crippen molar-refractivity contribution in [3.05, 3.63) is 24.2 Å². The van der Waals surface area contributed by atoms with Crippen LogP contribution >= 0.6 is 0 Å². The molecular formula is C8H5FO3. The van der Waals surface area contributed by atoms with Crippen LogP contribution in [0.3, 0.4) is 0 Å². The molecule has 0 unspecified atom stereocenters. The number of aromatic hydroxyl groups is 2. The second-order valence-electron chi connectivity index (χ2n) is 2.42. The highest BCUT2D eigenvalue weighted by Gasteiger charge is 2.10. The lowest BCUT2D eigenvalue weighted by Crippen LogP contribution is -1.74. The third-order valence-electron chi connectivity index (χ3n) is 1.59. The van der Waals surface area contributed by atoms with Gasteiger partial charge in [-0.05, 0) is 0 Å². The van der Waals surface area contributed by atoms with E-state index in [1.165, 1.54) is 6.07 Å². The number of benzene rings is 1. The van der Waals surface area contributed by atoms with Gasteiger partial charge >= 0.3 is 0 Å². The molecule has 62 valence electrons. The van der Waals surface area contributed by atoms with Crippen LogP contribution in [0.1, 0.15) is 0 Å². The molecule has 3 nitrogen and oxygen atoms in total. The summed E-state index contributed by atoms with van der Waals surface area (Å²) in [7, 11) is 0. The van der Waals surface area contributed by atoms with Crippen molar-refractivity contribution in [2.45, 2.75) is 0 Å². The maximum absolute atomic E-state index is 13.0. The molecule has 0 atom stereocenters. The summed E-state index contributed by atoms with van der Waals surface area (Å²) in [6, 6.07) is 2.15. The van der Waals surface area contributed by atoms with Crippen LogP contribution in [0.4, 0.5) is 4.39 Å². The van der Waals surface area contributed by atoms with Crippen molar-refractivity contribution >= 4 is 11.0 Å². The second-order valence-corrected chi connectivity index (χ2v) is 2.42. The van der Waals surface area contributed by atoms with Crippen LogP contribution in [0.2, 0.25) is 0 Å². The molecule has 1 aromatic carbocycles. The summed E-state index contributed by atoms with van der Waals surface area (Å²) in [4.78, 5) is 0. The number of fused-ring (bicyclic) bond motifs is 1. The predicted octanol–water partition coefficient (Wildman–Crippen LogP) is 1.98. The van der Waals surface area contributed by atoms with Crippen molar-refractivity contribution in [3.8, 4) is 11.5 Å². The maximum atomic E-state index is 13.0. The SMILES string of the molecule is Oc1cc(F)c2c(O)coc2c1. The topological polar surface area (TPSA) is 53.6 Å². The molecule has 0 aliphatic heterocycles. The van der Waals surface area contributed by atoms with Gasteiger partial charge in [0.25, 0.3) is 0 Å². The number of rotatable bonds is 0. The van der Waals surface area contributed by atoms with Crippen LogP contribution in [0.15, 0.2) is 22.8 Å². The number of furan rings is 1. The molecule has 0 spiro atoms. The van der Waals surface area contributed by atoms with Crippen molar-refractivity contribution in [1.82, 2.24) is 0 Å². The van der Waals surface area contributed by atoms with E-state index >= 15 is 0 Å². The molecule has 2 rings (SSSR count). The number of hydrogen-bond acceptors (Lipinski definition) is 3. The molecule has 0 aliphatic carbocycles. The summed E-state index contributed by atoms with van der Waals surface area (Å²) in [5.41, 5.74) is 0.130. The van der Waals surface area contributed by atoms with Crippen LogP contribution in [0.25, 0.3) is 11.0 Å². The van der Waals surface area contributed by atoms with E-state index in [2.05, 4.69) is 0 Å². The molecule has 0 amide bonds. The number of phenolic OH excluding ortho intramolecular Hbond substituents is 1. The Hall–Kier alpha value is -1.71. The third-order valence-corrected chi connectivity index (χ3v) is 1.59. The van der Waals surface area contributed by atoms with E-state index < -0.39 is 5.82 Å². The summed E-state index contributed by atoms with van der Waals surface area (Å²) in [6.07, 6.45) is 1.02. The van der Waals surface area contributed by atoms with Gasteiger partial charge in [-0.25, -0.2) is 4.39 Å². The van der Waals surface area contributed by atoms with Crippen LogP contribution in [-0.2, 0) is 0 Å². The average molecular weight is 168 g/mol. The summed E-state index contributed by atoms with van der Waals surface area (Å²) in [6.45, 7) is 0. The zero-order valence-corrected chi connectivity index (χ0v) is 5.91. The van der Waals surface area contributed by atoms with Crippen LogP contribution in [0, 0.1) is 5.82 Å². The number of hydrogen-bond donors (Lipinski definition) is 2. The standard InChI is InChI=1S/C8H5FO3/c9-5-1-4(10)2-7-8(5)6(11)3-12-7/h1-3,10-11H. The zero-order valence-electron chi connectivity index (χ0n) is 5.91. The van der Waals surface area contributed by atoms with Crippen LogP contribution < -0.4 is 0 Å². The minimum absolute atomic E-state index is 0.00667. The molecule has 0 aliphatic rings. The van der Waals surface area contributed by atoms with E-state index in [9.17, 15) is 4.39 Å². The average Bonchev–Trinajstić information content (AvgIpc) is 2.31. The van der Waals surface area contributed by atoms with Gasteiger partial charge in [0.15, 0.2) is 5.75 Å². The van der Waals surface area contributed by atoms with E-state index in [4.69, 9.17) is 14.6 Å². The van der Waals surface area contributed by atoms with E-state index in [0.29, 0.717) is 0 Å². The Morgan fingerprint density at radius 2 is 2.00 bits per heavy atom. The predicted molar refractivity (Wildman–Crippen MR) is 39.5 cm³/mol. The van der Waals surface area contributed by atoms with Crippen LogP contribution in [-0.4, -0.2) is 10.2 Å². The fraction of sp³-hybridized carbons (Fsp3) is 0. The quantitative estimate of drug-likeness (QED) is 0.632. The van der Waals surface area contributed by atoms with Gasteiger partial charge in [0.05, 0.1) is 5.39 Å². The molecule has 1 aromatic heterocycles. The Kier molecular flexibility index (Phi) is 1.24. The molecule has 0 fully saturated rings. The first-order valence-electron chi connectivity index (χ1n) is 3.27. The van der Waals surface area contributed by atoms with Gasteiger partial charge in [-0.2, -0.15) is 0 Å². The summed E-state index contributed by atoms with van der Waals surface area (Å²) in [5, 5.41) is 18.0. The smallest absolute Gasteiger partial charge is 0.164 e. The fourth-order valence-corrected chi connectivity index (χ4v) is 1.09. The largest absolute Gasteiger partial charge is 0.508 e. The molecule has 12 heavy (non-hydrogen) atoms. The highest BCUT2D eigenvalue weighted by molar-refractivity contribution is 5.85. The molecule has 1 heterocycles. The van der Waals surface area contributed by atoms with Crippen LogP contribution in [0.5, 0.6) is 11.5 Å². The molecule has 2 aromatic rings. The first kappa shape index (κ1) is 6.97. The van der Waals surface area contributed by atoms with Gasteiger partial charge in [-0.3, -0.25) is 0 Å². The van der Waals surface area contributed by atoms with Gasteiger partial charge in [0.1, 0.15) is 23.4 Å². The number of halogens is 1. The lowest BCUT2D eigenvalue weighted by atomic mass is 10.2. The van der Waals surface area contributed by atoms with Gasteiger partial charge in [-0.15, -0.1) is 0 Å². The Bertz CT molecular complexity index is 433. The minimum atomic E-state index is -0.698. The summed E-state index contributed by atoms with van der Waals surface area (Å²) < 4.78 is 17.7. The normalized spacial score (nSPS) is 10.8. The number of phenols is 1. The Morgan fingerprint density at radius 3 is 2.75 bits per heavy atom. The Balaban J connectivity index is 2.93. The zero-order chi connectivity index (χ0) is 8.72. The van der Waals surface area contributed by atoms with Gasteiger partial charge in [0, 0.05) is 12.1 Å². The Morgan fingerprint density at radius 1 is 1.25 bits per heavy atom. The first-order chi connectivity index (χ1) is 5.68. The lowest BCUT2D eigenvalue weighted by molar-refractivity contribution is 0.463. The molecule has 0 bridgehead atoms. The summed E-state index contributed by atoms with van der Waals surface area (Å²) >= 11 is 0. The van der Waals surface area contributed by atoms with Crippen molar-refractivity contribution in [2.75, 3.05) is 0 Å². The Labute approximate surface area is 66.7 Å².